The molecule has 3 rings (SSSR count). The van der Waals surface area contributed by atoms with Crippen molar-refractivity contribution >= 4 is 43.9 Å². The zero-order valence-electron chi connectivity index (χ0n) is 11.6. The van der Waals surface area contributed by atoms with Gasteiger partial charge < -0.3 is 10.6 Å². The minimum Gasteiger partial charge on any atom is -0.333 e. The van der Waals surface area contributed by atoms with Crippen LogP contribution in [0.4, 0.5) is 10.5 Å². The van der Waals surface area contributed by atoms with Gasteiger partial charge in [0.05, 0.1) is 22.9 Å². The Kier molecular flexibility index (Phi) is 3.97. The average Bonchev–Trinajstić information content (AvgIpc) is 2.71. The molecule has 1 fully saturated rings. The van der Waals surface area contributed by atoms with Crippen LogP contribution in [0.3, 0.4) is 0 Å². The Morgan fingerprint density at radius 3 is 2.50 bits per heavy atom. The number of carbonyl (C=O) groups excluding carboxylic acids is 1. The fourth-order valence-corrected chi connectivity index (χ4v) is 5.09. The summed E-state index contributed by atoms with van der Waals surface area (Å²) in [5.41, 5.74) is 0.642. The van der Waals surface area contributed by atoms with Gasteiger partial charge in [0.15, 0.2) is 9.84 Å². The first-order chi connectivity index (χ1) is 10.4. The predicted octanol–water partition coefficient (Wildman–Crippen LogP) is 2.37. The molecule has 0 aromatic heterocycles. The van der Waals surface area contributed by atoms with Crippen LogP contribution in [0, 0.1) is 0 Å². The molecule has 0 bridgehead atoms. The van der Waals surface area contributed by atoms with Crippen LogP contribution in [-0.2, 0) is 9.84 Å². The third-order valence-corrected chi connectivity index (χ3v) is 5.98. The minimum absolute atomic E-state index is 0.102. The summed E-state index contributed by atoms with van der Waals surface area (Å²) in [6.07, 6.45) is 0. The molecule has 7 heteroatoms. The highest BCUT2D eigenvalue weighted by Gasteiger charge is 2.37. The van der Waals surface area contributed by atoms with E-state index in [0.29, 0.717) is 5.69 Å². The van der Waals surface area contributed by atoms with E-state index in [1.165, 1.54) is 0 Å². The Morgan fingerprint density at radius 1 is 1.09 bits per heavy atom. The van der Waals surface area contributed by atoms with Crippen LogP contribution in [0.25, 0.3) is 10.8 Å². The van der Waals surface area contributed by atoms with Crippen molar-refractivity contribution in [1.29, 1.82) is 0 Å². The molecule has 0 aliphatic carbocycles. The average molecular weight is 339 g/mol. The number of hydrogen-bond acceptors (Lipinski definition) is 3. The highest BCUT2D eigenvalue weighted by molar-refractivity contribution is 7.91. The second-order valence-corrected chi connectivity index (χ2v) is 8.07. The van der Waals surface area contributed by atoms with E-state index in [1.54, 1.807) is 6.07 Å². The summed E-state index contributed by atoms with van der Waals surface area (Å²) in [6, 6.07) is 12.4. The molecule has 2 unspecified atom stereocenters. The highest BCUT2D eigenvalue weighted by atomic mass is 35.5. The van der Waals surface area contributed by atoms with E-state index in [0.717, 1.165) is 10.8 Å². The first-order valence-electron chi connectivity index (χ1n) is 6.84. The molecule has 2 atom stereocenters. The van der Waals surface area contributed by atoms with Crippen LogP contribution in [0.5, 0.6) is 0 Å². The maximum absolute atomic E-state index is 12.0. The second-order valence-electron chi connectivity index (χ2n) is 5.36. The molecule has 0 spiro atoms. The van der Waals surface area contributed by atoms with Gasteiger partial charge in [-0.05, 0) is 22.9 Å². The minimum atomic E-state index is -3.17. The van der Waals surface area contributed by atoms with E-state index in [-0.39, 0.29) is 11.5 Å². The number of benzene rings is 2. The van der Waals surface area contributed by atoms with Gasteiger partial charge >= 0.3 is 6.03 Å². The molecule has 0 radical (unpaired) electrons. The van der Waals surface area contributed by atoms with Gasteiger partial charge in [-0.25, -0.2) is 13.2 Å². The number of anilines is 1. The molecule has 116 valence electrons. The molecule has 1 heterocycles. The highest BCUT2D eigenvalue weighted by Crippen LogP contribution is 2.20. The van der Waals surface area contributed by atoms with Gasteiger partial charge in [0.1, 0.15) is 0 Å². The summed E-state index contributed by atoms with van der Waals surface area (Å²) in [5.74, 6) is -0.220. The normalized spacial score (nSPS) is 23.3. The molecular formula is C15H15ClN2O3S. The number of halogens is 1. The van der Waals surface area contributed by atoms with E-state index in [4.69, 9.17) is 11.6 Å². The SMILES string of the molecule is O=C(Nc1ccc2ccccc2c1)NC1CS(=O)(=O)CC1Cl. The number of hydrogen-bond donors (Lipinski definition) is 2. The molecule has 2 N–H and O–H groups in total. The Bertz CT molecular complexity index is 822. The van der Waals surface area contributed by atoms with Gasteiger partial charge in [-0.15, -0.1) is 11.6 Å². The molecule has 1 saturated heterocycles. The van der Waals surface area contributed by atoms with Gasteiger partial charge in [-0.1, -0.05) is 30.3 Å². The number of nitrogens with one attached hydrogen (secondary N) is 2. The first kappa shape index (κ1) is 15.1. The van der Waals surface area contributed by atoms with Gasteiger partial charge in [0.2, 0.25) is 0 Å². The third kappa shape index (κ3) is 3.34. The largest absolute Gasteiger partial charge is 0.333 e. The number of alkyl halides is 1. The smallest absolute Gasteiger partial charge is 0.319 e. The van der Waals surface area contributed by atoms with Crippen molar-refractivity contribution in [2.24, 2.45) is 0 Å². The zero-order chi connectivity index (χ0) is 15.7. The number of urea groups is 1. The molecule has 0 saturated carbocycles. The van der Waals surface area contributed by atoms with E-state index in [2.05, 4.69) is 10.6 Å². The van der Waals surface area contributed by atoms with Crippen molar-refractivity contribution in [1.82, 2.24) is 5.32 Å². The summed E-state index contributed by atoms with van der Waals surface area (Å²) in [7, 11) is -3.17. The second kappa shape index (κ2) is 5.78. The topological polar surface area (TPSA) is 75.3 Å². The quantitative estimate of drug-likeness (QED) is 0.825. The summed E-state index contributed by atoms with van der Waals surface area (Å²) in [4.78, 5) is 12.0. The molecule has 1 aliphatic rings. The standard InChI is InChI=1S/C15H15ClN2O3S/c16-13-8-22(20,21)9-14(13)18-15(19)17-12-6-5-10-3-1-2-4-11(10)7-12/h1-7,13-14H,8-9H2,(H2,17,18,19). The molecule has 1 aliphatic heterocycles. The fraction of sp³-hybridized carbons (Fsp3) is 0.267. The number of amides is 2. The van der Waals surface area contributed by atoms with Crippen LogP contribution in [-0.4, -0.2) is 37.4 Å². The summed E-state index contributed by atoms with van der Waals surface area (Å²) < 4.78 is 23.0. The van der Waals surface area contributed by atoms with Crippen molar-refractivity contribution in [2.75, 3.05) is 16.8 Å². The van der Waals surface area contributed by atoms with E-state index in [9.17, 15) is 13.2 Å². The van der Waals surface area contributed by atoms with E-state index >= 15 is 0 Å². The maximum atomic E-state index is 12.0. The van der Waals surface area contributed by atoms with Crippen LogP contribution in [0.2, 0.25) is 0 Å². The van der Waals surface area contributed by atoms with Crippen molar-refractivity contribution in [3.63, 3.8) is 0 Å². The molecular weight excluding hydrogens is 324 g/mol. The van der Waals surface area contributed by atoms with Gasteiger partial charge in [0.25, 0.3) is 0 Å². The molecule has 2 aromatic carbocycles. The van der Waals surface area contributed by atoms with E-state index in [1.807, 2.05) is 36.4 Å². The number of fused-ring (bicyclic) bond motifs is 1. The Balaban J connectivity index is 1.68. The van der Waals surface area contributed by atoms with Crippen LogP contribution < -0.4 is 10.6 Å². The number of sulfone groups is 1. The van der Waals surface area contributed by atoms with Crippen LogP contribution in [0.1, 0.15) is 0 Å². The lowest BCUT2D eigenvalue weighted by molar-refractivity contribution is 0.249. The lowest BCUT2D eigenvalue weighted by atomic mass is 10.1. The molecule has 5 nitrogen and oxygen atoms in total. The lowest BCUT2D eigenvalue weighted by Gasteiger charge is -2.15. The molecule has 2 amide bonds. The summed E-state index contributed by atoms with van der Waals surface area (Å²) >= 11 is 5.97. The Labute approximate surface area is 133 Å². The Morgan fingerprint density at radius 2 is 1.82 bits per heavy atom. The summed E-state index contributed by atoms with van der Waals surface area (Å²) in [5, 5.41) is 6.83. The lowest BCUT2D eigenvalue weighted by Crippen LogP contribution is -2.42. The fourth-order valence-electron chi connectivity index (χ4n) is 2.54. The maximum Gasteiger partial charge on any atom is 0.319 e. The van der Waals surface area contributed by atoms with Gasteiger partial charge in [-0.2, -0.15) is 0 Å². The zero-order valence-corrected chi connectivity index (χ0v) is 13.2. The number of carbonyl (C=O) groups is 1. The molecule has 22 heavy (non-hydrogen) atoms. The monoisotopic (exact) mass is 338 g/mol. The number of rotatable bonds is 2. The summed E-state index contributed by atoms with van der Waals surface area (Å²) in [6.45, 7) is 0. The molecule has 2 aromatic rings. The first-order valence-corrected chi connectivity index (χ1v) is 9.09. The van der Waals surface area contributed by atoms with Gasteiger partial charge in [0, 0.05) is 5.69 Å². The Hall–Kier alpha value is -1.79. The van der Waals surface area contributed by atoms with Crippen molar-refractivity contribution in [3.8, 4) is 0 Å². The van der Waals surface area contributed by atoms with Crippen molar-refractivity contribution in [2.45, 2.75) is 11.4 Å². The van der Waals surface area contributed by atoms with Crippen LogP contribution >= 0.6 is 11.6 Å². The van der Waals surface area contributed by atoms with Gasteiger partial charge in [-0.3, -0.25) is 0 Å². The van der Waals surface area contributed by atoms with Crippen molar-refractivity contribution < 1.29 is 13.2 Å². The van der Waals surface area contributed by atoms with E-state index < -0.39 is 27.3 Å². The third-order valence-electron chi connectivity index (χ3n) is 3.61. The predicted molar refractivity (Wildman–Crippen MR) is 88.2 cm³/mol. The van der Waals surface area contributed by atoms with Crippen molar-refractivity contribution in [3.05, 3.63) is 42.5 Å². The van der Waals surface area contributed by atoms with Crippen LogP contribution in [0.15, 0.2) is 42.5 Å².